The van der Waals surface area contributed by atoms with Gasteiger partial charge in [0.05, 0.1) is 12.2 Å². The number of rotatable bonds is 11. The second kappa shape index (κ2) is 9.67. The van der Waals surface area contributed by atoms with Crippen molar-refractivity contribution in [3.63, 3.8) is 0 Å². The van der Waals surface area contributed by atoms with Crippen LogP contribution in [0.4, 0.5) is 0 Å². The first-order chi connectivity index (χ1) is 12.0. The lowest BCUT2D eigenvalue weighted by molar-refractivity contribution is -0.300. The SMILES string of the molecule is CC1(C)C(O)CCN(OC(CCCCC(=O)O)CCCC(=O)O)C1(C)C. The predicted octanol–water partition coefficient (Wildman–Crippen LogP) is 3.06. The summed E-state index contributed by atoms with van der Waals surface area (Å²) in [6.45, 7) is 8.77. The first kappa shape index (κ1) is 22.9. The van der Waals surface area contributed by atoms with Crippen molar-refractivity contribution >= 4 is 11.9 Å². The van der Waals surface area contributed by atoms with Gasteiger partial charge in [-0.3, -0.25) is 14.4 Å². The van der Waals surface area contributed by atoms with Gasteiger partial charge in [0.1, 0.15) is 0 Å². The van der Waals surface area contributed by atoms with Crippen LogP contribution in [-0.2, 0) is 14.4 Å². The minimum absolute atomic E-state index is 0.0998. The van der Waals surface area contributed by atoms with Gasteiger partial charge in [0.25, 0.3) is 0 Å². The van der Waals surface area contributed by atoms with Crippen LogP contribution >= 0.6 is 0 Å². The van der Waals surface area contributed by atoms with Crippen molar-refractivity contribution in [2.75, 3.05) is 6.54 Å². The third kappa shape index (κ3) is 6.21. The summed E-state index contributed by atoms with van der Waals surface area (Å²) in [5.74, 6) is -1.63. The monoisotopic (exact) mass is 373 g/mol. The molecule has 7 heteroatoms. The Morgan fingerprint density at radius 1 is 1.04 bits per heavy atom. The molecule has 2 unspecified atom stereocenters. The fraction of sp³-hybridized carbons (Fsp3) is 0.895. The van der Waals surface area contributed by atoms with E-state index in [1.807, 2.05) is 32.8 Å². The molecule has 2 atom stereocenters. The standard InChI is InChI=1S/C19H35NO6/c1-18(2)15(21)12-13-20(19(18,3)4)26-14(9-7-11-17(24)25)8-5-6-10-16(22)23/h14-15,21H,5-13H2,1-4H3,(H,22,23)(H,24,25). The number of carboxylic acid groups (broad SMARTS) is 2. The maximum absolute atomic E-state index is 10.8. The summed E-state index contributed by atoms with van der Waals surface area (Å²) >= 11 is 0. The lowest BCUT2D eigenvalue weighted by Gasteiger charge is -2.55. The third-order valence-electron chi connectivity index (χ3n) is 6.00. The zero-order valence-corrected chi connectivity index (χ0v) is 16.5. The molecular weight excluding hydrogens is 338 g/mol. The molecule has 0 amide bonds. The number of hydrogen-bond donors (Lipinski definition) is 3. The van der Waals surface area contributed by atoms with Crippen molar-refractivity contribution in [3.05, 3.63) is 0 Å². The number of unbranched alkanes of at least 4 members (excludes halogenated alkanes) is 1. The fourth-order valence-corrected chi connectivity index (χ4v) is 3.35. The van der Waals surface area contributed by atoms with Crippen LogP contribution in [0.15, 0.2) is 0 Å². The number of nitrogens with zero attached hydrogens (tertiary/aromatic N) is 1. The van der Waals surface area contributed by atoms with E-state index in [1.54, 1.807) is 0 Å². The summed E-state index contributed by atoms with van der Waals surface area (Å²) in [7, 11) is 0. The maximum Gasteiger partial charge on any atom is 0.303 e. The van der Waals surface area contributed by atoms with E-state index in [-0.39, 0.29) is 29.9 Å². The summed E-state index contributed by atoms with van der Waals surface area (Å²) in [4.78, 5) is 27.7. The van der Waals surface area contributed by atoms with Gasteiger partial charge in [0.2, 0.25) is 0 Å². The molecule has 0 spiro atoms. The molecule has 0 bridgehead atoms. The average Bonchev–Trinajstić information content (AvgIpc) is 2.52. The summed E-state index contributed by atoms with van der Waals surface area (Å²) < 4.78 is 0. The van der Waals surface area contributed by atoms with Crippen LogP contribution in [0.3, 0.4) is 0 Å². The number of carbonyl (C=O) groups is 2. The number of hydrogen-bond acceptors (Lipinski definition) is 5. The fourth-order valence-electron chi connectivity index (χ4n) is 3.35. The molecule has 0 radical (unpaired) electrons. The molecule has 1 aliphatic rings. The number of carboxylic acids is 2. The Morgan fingerprint density at radius 3 is 2.15 bits per heavy atom. The minimum atomic E-state index is -0.822. The Labute approximate surface area is 156 Å². The molecule has 1 saturated heterocycles. The molecular formula is C19H35NO6. The molecule has 26 heavy (non-hydrogen) atoms. The Hall–Kier alpha value is -1.18. The first-order valence-corrected chi connectivity index (χ1v) is 9.54. The molecule has 0 aromatic heterocycles. The van der Waals surface area contributed by atoms with Crippen LogP contribution in [-0.4, -0.2) is 56.6 Å². The van der Waals surface area contributed by atoms with Gasteiger partial charge >= 0.3 is 11.9 Å². The molecule has 1 aliphatic heterocycles. The van der Waals surface area contributed by atoms with Gasteiger partial charge in [-0.2, -0.15) is 5.06 Å². The van der Waals surface area contributed by atoms with E-state index in [1.165, 1.54) is 0 Å². The van der Waals surface area contributed by atoms with Crippen molar-refractivity contribution < 1.29 is 29.7 Å². The van der Waals surface area contributed by atoms with Crippen LogP contribution in [0.5, 0.6) is 0 Å². The van der Waals surface area contributed by atoms with E-state index in [0.29, 0.717) is 38.6 Å². The Morgan fingerprint density at radius 2 is 1.58 bits per heavy atom. The lowest BCUT2D eigenvalue weighted by Crippen LogP contribution is -2.63. The molecule has 3 N–H and O–H groups in total. The van der Waals surface area contributed by atoms with E-state index in [4.69, 9.17) is 15.1 Å². The van der Waals surface area contributed by atoms with Gasteiger partial charge in [-0.25, -0.2) is 0 Å². The molecule has 7 nitrogen and oxygen atoms in total. The number of aliphatic hydroxyl groups excluding tert-OH is 1. The van der Waals surface area contributed by atoms with Crippen LogP contribution in [0.1, 0.15) is 79.1 Å². The molecule has 1 fully saturated rings. The minimum Gasteiger partial charge on any atom is -0.481 e. The second-order valence-electron chi connectivity index (χ2n) is 8.34. The Bertz CT molecular complexity index is 477. The van der Waals surface area contributed by atoms with E-state index in [0.717, 1.165) is 6.42 Å². The average molecular weight is 373 g/mol. The highest BCUT2D eigenvalue weighted by molar-refractivity contribution is 5.66. The molecule has 0 aliphatic carbocycles. The molecule has 0 aromatic carbocycles. The quantitative estimate of drug-likeness (QED) is 0.478. The second-order valence-corrected chi connectivity index (χ2v) is 8.34. The van der Waals surface area contributed by atoms with Gasteiger partial charge in [-0.05, 0) is 46.0 Å². The third-order valence-corrected chi connectivity index (χ3v) is 6.00. The van der Waals surface area contributed by atoms with E-state index in [9.17, 15) is 14.7 Å². The number of hydroxylamine groups is 2. The van der Waals surface area contributed by atoms with Gasteiger partial charge < -0.3 is 15.3 Å². The topological polar surface area (TPSA) is 107 Å². The number of piperidine rings is 1. The summed E-state index contributed by atoms with van der Waals surface area (Å²) in [5.41, 5.74) is -0.725. The zero-order chi connectivity index (χ0) is 20.0. The molecule has 152 valence electrons. The van der Waals surface area contributed by atoms with Gasteiger partial charge in [0, 0.05) is 30.3 Å². The molecule has 0 saturated carbocycles. The van der Waals surface area contributed by atoms with Crippen molar-refractivity contribution in [2.45, 2.75) is 96.8 Å². The maximum atomic E-state index is 10.8. The summed E-state index contributed by atoms with van der Waals surface area (Å²) in [5, 5.41) is 29.9. The smallest absolute Gasteiger partial charge is 0.303 e. The Kier molecular flexibility index (Phi) is 8.50. The van der Waals surface area contributed by atoms with Gasteiger partial charge in [-0.1, -0.05) is 20.3 Å². The summed E-state index contributed by atoms with van der Waals surface area (Å²) in [6.07, 6.45) is 3.46. The van der Waals surface area contributed by atoms with Crippen LogP contribution in [0, 0.1) is 5.41 Å². The lowest BCUT2D eigenvalue weighted by atomic mass is 9.67. The molecule has 0 aromatic rings. The largest absolute Gasteiger partial charge is 0.481 e. The van der Waals surface area contributed by atoms with Crippen molar-refractivity contribution in [1.29, 1.82) is 0 Å². The van der Waals surface area contributed by atoms with Crippen LogP contribution in [0.25, 0.3) is 0 Å². The first-order valence-electron chi connectivity index (χ1n) is 9.54. The summed E-state index contributed by atoms with van der Waals surface area (Å²) in [6, 6.07) is 0. The van der Waals surface area contributed by atoms with Crippen molar-refractivity contribution in [3.8, 4) is 0 Å². The van der Waals surface area contributed by atoms with E-state index >= 15 is 0 Å². The van der Waals surface area contributed by atoms with E-state index in [2.05, 4.69) is 0 Å². The van der Waals surface area contributed by atoms with Crippen molar-refractivity contribution in [1.82, 2.24) is 5.06 Å². The highest BCUT2D eigenvalue weighted by Crippen LogP contribution is 2.44. The van der Waals surface area contributed by atoms with Gasteiger partial charge in [0.15, 0.2) is 0 Å². The number of aliphatic hydroxyl groups is 1. The molecule has 1 heterocycles. The zero-order valence-electron chi connectivity index (χ0n) is 16.5. The normalized spacial score (nSPS) is 23.5. The molecule has 1 rings (SSSR count). The van der Waals surface area contributed by atoms with Gasteiger partial charge in [-0.15, -0.1) is 0 Å². The highest BCUT2D eigenvalue weighted by atomic mass is 16.7. The van der Waals surface area contributed by atoms with Crippen LogP contribution in [0.2, 0.25) is 0 Å². The van der Waals surface area contributed by atoms with Crippen molar-refractivity contribution in [2.24, 2.45) is 5.41 Å². The predicted molar refractivity (Wildman–Crippen MR) is 97.7 cm³/mol. The highest BCUT2D eigenvalue weighted by Gasteiger charge is 2.50. The number of aliphatic carboxylic acids is 2. The van der Waals surface area contributed by atoms with Crippen LogP contribution < -0.4 is 0 Å². The van der Waals surface area contributed by atoms with E-state index < -0.39 is 18.0 Å². The Balaban J connectivity index is 2.69.